The average Bonchev–Trinajstić information content (AvgIpc) is 2.61. The second kappa shape index (κ2) is 3.26. The Morgan fingerprint density at radius 3 is 2.50 bits per heavy atom. The van der Waals surface area contributed by atoms with Crippen molar-refractivity contribution in [2.24, 2.45) is 0 Å². The predicted molar refractivity (Wildman–Crippen MR) is 56.7 cm³/mol. The zero-order chi connectivity index (χ0) is 8.55. The molecule has 0 unspecified atom stereocenters. The first-order valence-corrected chi connectivity index (χ1v) is 6.27. The Bertz CT molecular complexity index is 228. The third-order valence-corrected chi connectivity index (χ3v) is 6.21. The Kier molecular flexibility index (Phi) is 2.28. The van der Waals surface area contributed by atoms with Crippen LogP contribution < -0.4 is 5.30 Å². The maximum Gasteiger partial charge on any atom is -0.0214 e. The first-order chi connectivity index (χ1) is 5.79. The Morgan fingerprint density at radius 2 is 2.00 bits per heavy atom. The largest absolute Gasteiger partial charge is 0.213 e. The van der Waals surface area contributed by atoms with Gasteiger partial charge in [-0.05, 0) is 24.2 Å². The lowest BCUT2D eigenvalue weighted by Gasteiger charge is -2.23. The molecule has 1 fully saturated rings. The van der Waals surface area contributed by atoms with Crippen LogP contribution in [0.25, 0.3) is 0 Å². The molecule has 0 spiro atoms. The van der Waals surface area contributed by atoms with Gasteiger partial charge in [0.25, 0.3) is 0 Å². The van der Waals surface area contributed by atoms with Crippen molar-refractivity contribution in [3.8, 4) is 0 Å². The summed E-state index contributed by atoms with van der Waals surface area (Å²) in [4.78, 5) is 0. The molecule has 1 aromatic carbocycles. The lowest BCUT2D eigenvalue weighted by atomic mass is 10.2. The van der Waals surface area contributed by atoms with Gasteiger partial charge in [0.1, 0.15) is 0 Å². The van der Waals surface area contributed by atoms with Crippen LogP contribution in [0.5, 0.6) is 0 Å². The SMILES string of the molecule is C[C@@H]1CC[C@@H](C)P1c1ccc[cH-]1. The lowest BCUT2D eigenvalue weighted by Crippen LogP contribution is -2.08. The van der Waals surface area contributed by atoms with Crippen molar-refractivity contribution in [2.75, 3.05) is 0 Å². The van der Waals surface area contributed by atoms with Crippen LogP contribution in [0.4, 0.5) is 0 Å². The Hall–Kier alpha value is -0.220. The van der Waals surface area contributed by atoms with E-state index in [9.17, 15) is 0 Å². The molecule has 0 saturated carbocycles. The molecule has 1 heterocycles. The van der Waals surface area contributed by atoms with Crippen LogP contribution in [-0.2, 0) is 0 Å². The van der Waals surface area contributed by atoms with Crippen LogP contribution in [0.1, 0.15) is 26.7 Å². The van der Waals surface area contributed by atoms with Gasteiger partial charge in [0.2, 0.25) is 0 Å². The molecule has 0 aromatic heterocycles. The molecule has 1 aliphatic heterocycles. The molecule has 1 saturated heterocycles. The van der Waals surface area contributed by atoms with Gasteiger partial charge in [0, 0.05) is 0 Å². The summed E-state index contributed by atoms with van der Waals surface area (Å²) < 4.78 is 0. The van der Waals surface area contributed by atoms with E-state index in [0.29, 0.717) is 0 Å². The smallest absolute Gasteiger partial charge is 0.0214 e. The van der Waals surface area contributed by atoms with E-state index in [1.165, 1.54) is 12.8 Å². The minimum absolute atomic E-state index is 0.174. The summed E-state index contributed by atoms with van der Waals surface area (Å²) in [5.74, 6) is 0. The molecule has 0 aliphatic carbocycles. The molecular formula is C11H16P-. The van der Waals surface area contributed by atoms with E-state index in [2.05, 4.69) is 38.1 Å². The van der Waals surface area contributed by atoms with Gasteiger partial charge in [0.05, 0.1) is 0 Å². The highest BCUT2D eigenvalue weighted by molar-refractivity contribution is 7.67. The van der Waals surface area contributed by atoms with Crippen molar-refractivity contribution in [1.82, 2.24) is 0 Å². The molecule has 1 aromatic rings. The maximum atomic E-state index is 2.42. The Morgan fingerprint density at radius 1 is 1.33 bits per heavy atom. The van der Waals surface area contributed by atoms with Crippen molar-refractivity contribution in [3.63, 3.8) is 0 Å². The third-order valence-electron chi connectivity index (χ3n) is 2.90. The van der Waals surface area contributed by atoms with E-state index in [0.717, 1.165) is 11.3 Å². The van der Waals surface area contributed by atoms with Crippen LogP contribution in [0.15, 0.2) is 24.3 Å². The van der Waals surface area contributed by atoms with Crippen LogP contribution in [0.2, 0.25) is 0 Å². The van der Waals surface area contributed by atoms with E-state index >= 15 is 0 Å². The standard InChI is InChI=1S/C11H16P/c1-9-7-8-10(2)12(9)11-5-3-4-6-11/h3-6,9-10H,7-8H2,1-2H3/q-1/t9-,10-/m1/s1. The maximum absolute atomic E-state index is 2.42. The number of rotatable bonds is 1. The second-order valence-corrected chi connectivity index (χ2v) is 6.92. The van der Waals surface area contributed by atoms with Gasteiger partial charge in [-0.2, -0.15) is 12.1 Å². The predicted octanol–water partition coefficient (Wildman–Crippen LogP) is 3.08. The molecule has 2 rings (SSSR count). The first-order valence-electron chi connectivity index (χ1n) is 4.79. The topological polar surface area (TPSA) is 0 Å². The molecular weight excluding hydrogens is 163 g/mol. The highest BCUT2D eigenvalue weighted by atomic mass is 31.1. The molecule has 0 amide bonds. The van der Waals surface area contributed by atoms with Crippen LogP contribution >= 0.6 is 7.92 Å². The minimum atomic E-state index is 0.174. The number of hydrogen-bond donors (Lipinski definition) is 0. The summed E-state index contributed by atoms with van der Waals surface area (Å²) in [6.45, 7) is 4.84. The quantitative estimate of drug-likeness (QED) is 0.459. The summed E-state index contributed by atoms with van der Waals surface area (Å²) >= 11 is 0. The van der Waals surface area contributed by atoms with Crippen LogP contribution in [-0.4, -0.2) is 11.3 Å². The molecule has 0 nitrogen and oxygen atoms in total. The third kappa shape index (κ3) is 1.33. The van der Waals surface area contributed by atoms with E-state index < -0.39 is 0 Å². The summed E-state index contributed by atoms with van der Waals surface area (Å²) in [5, 5.41) is 1.63. The average molecular weight is 179 g/mol. The van der Waals surface area contributed by atoms with E-state index in [4.69, 9.17) is 0 Å². The zero-order valence-electron chi connectivity index (χ0n) is 7.83. The van der Waals surface area contributed by atoms with Gasteiger partial charge in [-0.1, -0.05) is 21.8 Å². The monoisotopic (exact) mass is 179 g/mol. The summed E-state index contributed by atoms with van der Waals surface area (Å²) in [6.07, 6.45) is 2.89. The molecule has 0 N–H and O–H groups in total. The minimum Gasteiger partial charge on any atom is -0.213 e. The molecule has 0 radical (unpaired) electrons. The van der Waals surface area contributed by atoms with Gasteiger partial charge in [0.15, 0.2) is 0 Å². The summed E-state index contributed by atoms with van der Waals surface area (Å²) in [6, 6.07) is 8.97. The highest BCUT2D eigenvalue weighted by Gasteiger charge is 2.28. The van der Waals surface area contributed by atoms with Gasteiger partial charge in [-0.15, -0.1) is 5.30 Å². The Balaban J connectivity index is 2.22. The fraction of sp³-hybridized carbons (Fsp3) is 0.545. The van der Waals surface area contributed by atoms with Crippen molar-refractivity contribution in [3.05, 3.63) is 24.3 Å². The lowest BCUT2D eigenvalue weighted by molar-refractivity contribution is 0.777. The van der Waals surface area contributed by atoms with Crippen molar-refractivity contribution in [1.29, 1.82) is 0 Å². The normalized spacial score (nSPS) is 31.2. The fourth-order valence-corrected chi connectivity index (χ4v) is 5.50. The van der Waals surface area contributed by atoms with Crippen molar-refractivity contribution in [2.45, 2.75) is 38.0 Å². The zero-order valence-corrected chi connectivity index (χ0v) is 8.72. The molecule has 0 bridgehead atoms. The van der Waals surface area contributed by atoms with Gasteiger partial charge in [-0.3, -0.25) is 0 Å². The van der Waals surface area contributed by atoms with Gasteiger partial charge < -0.3 is 0 Å². The summed E-state index contributed by atoms with van der Waals surface area (Å²) in [5.41, 5.74) is 1.91. The van der Waals surface area contributed by atoms with E-state index in [-0.39, 0.29) is 7.92 Å². The molecule has 66 valence electrons. The number of hydrogen-bond acceptors (Lipinski definition) is 0. The molecule has 1 heteroatoms. The van der Waals surface area contributed by atoms with Gasteiger partial charge >= 0.3 is 0 Å². The van der Waals surface area contributed by atoms with Crippen LogP contribution in [0.3, 0.4) is 0 Å². The second-order valence-electron chi connectivity index (χ2n) is 3.83. The fourth-order valence-electron chi connectivity index (χ4n) is 2.24. The molecule has 12 heavy (non-hydrogen) atoms. The highest BCUT2D eigenvalue weighted by Crippen LogP contribution is 2.54. The van der Waals surface area contributed by atoms with E-state index in [1.807, 2.05) is 0 Å². The van der Waals surface area contributed by atoms with E-state index in [1.54, 1.807) is 5.30 Å². The van der Waals surface area contributed by atoms with Crippen molar-refractivity contribution < 1.29 is 0 Å². The van der Waals surface area contributed by atoms with Crippen LogP contribution in [0, 0.1) is 0 Å². The molecule has 1 aliphatic rings. The van der Waals surface area contributed by atoms with Gasteiger partial charge in [-0.25, -0.2) is 12.1 Å². The first kappa shape index (κ1) is 8.38. The van der Waals surface area contributed by atoms with Crippen molar-refractivity contribution >= 4 is 13.2 Å². The Labute approximate surface area is 76.1 Å². The summed E-state index contributed by atoms with van der Waals surface area (Å²) in [7, 11) is 0.174. The molecule has 2 atom stereocenters.